The van der Waals surface area contributed by atoms with Crippen molar-refractivity contribution in [2.75, 3.05) is 36.5 Å². The summed E-state index contributed by atoms with van der Waals surface area (Å²) in [5.41, 5.74) is 0.639. The SMILES string of the molecule is CC(C)CCN(C(=O)CNC(=O)OC(C)(C)C)c1ccccc1OCC(=O)N(C)c1ccccc1. The number of alkyl carbamates (subject to hydrolysis) is 1. The molecule has 35 heavy (non-hydrogen) atoms. The molecule has 0 heterocycles. The molecule has 2 aromatic carbocycles. The molecular formula is C27H37N3O5. The van der Waals surface area contributed by atoms with Gasteiger partial charge in [-0.25, -0.2) is 4.79 Å². The normalized spacial score (nSPS) is 11.1. The summed E-state index contributed by atoms with van der Waals surface area (Å²) >= 11 is 0. The highest BCUT2D eigenvalue weighted by Crippen LogP contribution is 2.29. The molecule has 0 spiro atoms. The Balaban J connectivity index is 2.14. The molecule has 0 fully saturated rings. The zero-order valence-electron chi connectivity index (χ0n) is 21.5. The molecule has 0 aliphatic heterocycles. The number of hydrogen-bond acceptors (Lipinski definition) is 5. The minimum absolute atomic E-state index is 0.190. The van der Waals surface area contributed by atoms with E-state index in [1.54, 1.807) is 57.0 Å². The second kappa shape index (κ2) is 12.8. The minimum atomic E-state index is -0.662. The van der Waals surface area contributed by atoms with E-state index >= 15 is 0 Å². The summed E-state index contributed by atoms with van der Waals surface area (Å²) in [4.78, 5) is 41.0. The zero-order valence-corrected chi connectivity index (χ0v) is 21.5. The molecule has 190 valence electrons. The summed E-state index contributed by atoms with van der Waals surface area (Å²) in [5, 5.41) is 2.53. The summed E-state index contributed by atoms with van der Waals surface area (Å²) in [7, 11) is 1.69. The lowest BCUT2D eigenvalue weighted by molar-refractivity contribution is -0.120. The number of carbonyl (C=O) groups is 3. The third kappa shape index (κ3) is 9.31. The molecule has 2 aromatic rings. The van der Waals surface area contributed by atoms with Gasteiger partial charge in [0.15, 0.2) is 6.61 Å². The van der Waals surface area contributed by atoms with E-state index in [0.717, 1.165) is 12.1 Å². The van der Waals surface area contributed by atoms with Crippen LogP contribution in [0.25, 0.3) is 0 Å². The van der Waals surface area contributed by atoms with Crippen LogP contribution in [0.4, 0.5) is 16.2 Å². The van der Waals surface area contributed by atoms with Crippen LogP contribution < -0.4 is 19.9 Å². The van der Waals surface area contributed by atoms with Crippen molar-refractivity contribution in [1.29, 1.82) is 0 Å². The predicted octanol–water partition coefficient (Wildman–Crippen LogP) is 4.63. The van der Waals surface area contributed by atoms with Gasteiger partial charge in [0.25, 0.3) is 5.91 Å². The van der Waals surface area contributed by atoms with Crippen molar-refractivity contribution in [2.24, 2.45) is 5.92 Å². The number of amides is 3. The molecule has 0 aromatic heterocycles. The van der Waals surface area contributed by atoms with Crippen molar-refractivity contribution < 1.29 is 23.9 Å². The van der Waals surface area contributed by atoms with Gasteiger partial charge in [0, 0.05) is 19.3 Å². The number of nitrogens with zero attached hydrogens (tertiary/aromatic N) is 2. The van der Waals surface area contributed by atoms with Crippen molar-refractivity contribution in [3.63, 3.8) is 0 Å². The van der Waals surface area contributed by atoms with Crippen LogP contribution in [0.5, 0.6) is 5.75 Å². The Morgan fingerprint density at radius 2 is 1.57 bits per heavy atom. The van der Waals surface area contributed by atoms with Crippen LogP contribution in [0, 0.1) is 5.92 Å². The number of likely N-dealkylation sites (N-methyl/N-ethyl adjacent to an activating group) is 1. The topological polar surface area (TPSA) is 88.2 Å². The van der Waals surface area contributed by atoms with E-state index in [2.05, 4.69) is 19.2 Å². The summed E-state index contributed by atoms with van der Waals surface area (Å²) in [5.74, 6) is 0.243. The van der Waals surface area contributed by atoms with Gasteiger partial charge in [-0.1, -0.05) is 44.2 Å². The Hall–Kier alpha value is -3.55. The number of rotatable bonds is 10. The van der Waals surface area contributed by atoms with Crippen molar-refractivity contribution in [2.45, 2.75) is 46.6 Å². The number of nitrogens with one attached hydrogen (secondary N) is 1. The van der Waals surface area contributed by atoms with Crippen LogP contribution in [0.2, 0.25) is 0 Å². The fourth-order valence-electron chi connectivity index (χ4n) is 3.16. The van der Waals surface area contributed by atoms with Crippen LogP contribution in [-0.4, -0.2) is 50.3 Å². The number of ether oxygens (including phenoxy) is 2. The molecule has 0 bridgehead atoms. The van der Waals surface area contributed by atoms with Crippen molar-refractivity contribution in [1.82, 2.24) is 5.32 Å². The van der Waals surface area contributed by atoms with Gasteiger partial charge < -0.3 is 24.6 Å². The maximum Gasteiger partial charge on any atom is 0.408 e. The number of para-hydroxylation sites is 3. The molecule has 8 nitrogen and oxygen atoms in total. The smallest absolute Gasteiger partial charge is 0.408 e. The van der Waals surface area contributed by atoms with Crippen LogP contribution in [0.3, 0.4) is 0 Å². The van der Waals surface area contributed by atoms with Crippen LogP contribution in [0.15, 0.2) is 54.6 Å². The van der Waals surface area contributed by atoms with Crippen LogP contribution in [-0.2, 0) is 14.3 Å². The number of anilines is 2. The maximum atomic E-state index is 13.1. The Bertz CT molecular complexity index is 986. The first-order chi connectivity index (χ1) is 16.5. The van der Waals surface area contributed by atoms with E-state index in [1.807, 2.05) is 30.3 Å². The fourth-order valence-corrected chi connectivity index (χ4v) is 3.16. The Kier molecular flexibility index (Phi) is 10.1. The highest BCUT2D eigenvalue weighted by atomic mass is 16.6. The summed E-state index contributed by atoms with van der Waals surface area (Å²) < 4.78 is 11.1. The van der Waals surface area contributed by atoms with Gasteiger partial charge in [0.1, 0.15) is 17.9 Å². The largest absolute Gasteiger partial charge is 0.482 e. The van der Waals surface area contributed by atoms with E-state index in [-0.39, 0.29) is 25.0 Å². The standard InChI is InChI=1S/C27H37N3O5/c1-20(2)16-17-30(24(31)18-28-26(33)35-27(3,4)5)22-14-10-11-15-23(22)34-19-25(32)29(6)21-12-8-7-9-13-21/h7-15,20H,16-19H2,1-6H3,(H,28,33). The second-order valence-electron chi connectivity index (χ2n) is 9.63. The molecule has 0 aliphatic carbocycles. The van der Waals surface area contributed by atoms with Crippen LogP contribution >= 0.6 is 0 Å². The Morgan fingerprint density at radius 1 is 0.943 bits per heavy atom. The third-order valence-electron chi connectivity index (χ3n) is 5.04. The molecule has 1 N–H and O–H groups in total. The van der Waals surface area contributed by atoms with Gasteiger partial charge in [0.05, 0.1) is 5.69 Å². The Labute approximate surface area is 208 Å². The molecule has 0 aliphatic rings. The van der Waals surface area contributed by atoms with Crippen LogP contribution in [0.1, 0.15) is 41.0 Å². The fraction of sp³-hybridized carbons (Fsp3) is 0.444. The molecule has 0 radical (unpaired) electrons. The molecule has 0 unspecified atom stereocenters. The molecule has 0 saturated heterocycles. The number of benzene rings is 2. The summed E-state index contributed by atoms with van der Waals surface area (Å²) in [6, 6.07) is 16.4. The average molecular weight is 484 g/mol. The van der Waals surface area contributed by atoms with E-state index in [9.17, 15) is 14.4 Å². The molecule has 0 atom stereocenters. The zero-order chi connectivity index (χ0) is 26.0. The van der Waals surface area contributed by atoms with E-state index in [4.69, 9.17) is 9.47 Å². The van der Waals surface area contributed by atoms with Gasteiger partial charge in [-0.05, 0) is 57.4 Å². The van der Waals surface area contributed by atoms with Gasteiger partial charge in [0.2, 0.25) is 5.91 Å². The quantitative estimate of drug-likeness (QED) is 0.532. The molecular weight excluding hydrogens is 446 g/mol. The van der Waals surface area contributed by atoms with Crippen molar-refractivity contribution >= 4 is 29.3 Å². The minimum Gasteiger partial charge on any atom is -0.482 e. The average Bonchev–Trinajstić information content (AvgIpc) is 2.80. The molecule has 8 heteroatoms. The monoisotopic (exact) mass is 483 g/mol. The maximum absolute atomic E-state index is 13.1. The highest BCUT2D eigenvalue weighted by Gasteiger charge is 2.23. The first-order valence-corrected chi connectivity index (χ1v) is 11.8. The lowest BCUT2D eigenvalue weighted by Crippen LogP contribution is -2.43. The predicted molar refractivity (Wildman–Crippen MR) is 138 cm³/mol. The molecule has 0 saturated carbocycles. The van der Waals surface area contributed by atoms with Gasteiger partial charge >= 0.3 is 6.09 Å². The van der Waals surface area contributed by atoms with Crippen molar-refractivity contribution in [3.05, 3.63) is 54.6 Å². The summed E-state index contributed by atoms with van der Waals surface area (Å²) in [6.45, 7) is 9.44. The highest BCUT2D eigenvalue weighted by molar-refractivity contribution is 5.98. The van der Waals surface area contributed by atoms with E-state index < -0.39 is 11.7 Å². The lowest BCUT2D eigenvalue weighted by Gasteiger charge is -2.27. The first kappa shape index (κ1) is 27.7. The van der Waals surface area contributed by atoms with E-state index in [0.29, 0.717) is 23.9 Å². The lowest BCUT2D eigenvalue weighted by atomic mass is 10.1. The first-order valence-electron chi connectivity index (χ1n) is 11.8. The third-order valence-corrected chi connectivity index (χ3v) is 5.04. The van der Waals surface area contributed by atoms with E-state index in [1.165, 1.54) is 4.90 Å². The van der Waals surface area contributed by atoms with Gasteiger partial charge in [-0.2, -0.15) is 0 Å². The Morgan fingerprint density at radius 3 is 2.20 bits per heavy atom. The second-order valence-corrected chi connectivity index (χ2v) is 9.63. The van der Waals surface area contributed by atoms with Gasteiger partial charge in [-0.15, -0.1) is 0 Å². The molecule has 2 rings (SSSR count). The summed E-state index contributed by atoms with van der Waals surface area (Å²) in [6.07, 6.45) is 0.0936. The van der Waals surface area contributed by atoms with Crippen molar-refractivity contribution in [3.8, 4) is 5.75 Å². The van der Waals surface area contributed by atoms with Gasteiger partial charge in [-0.3, -0.25) is 9.59 Å². The molecule has 3 amide bonds. The number of hydrogen-bond donors (Lipinski definition) is 1. The number of carbonyl (C=O) groups excluding carboxylic acids is 3.